The first-order chi connectivity index (χ1) is 7.42. The number of rotatable bonds is 4. The summed E-state index contributed by atoms with van der Waals surface area (Å²) in [5, 5.41) is 0. The maximum absolute atomic E-state index is 11.6. The number of likely N-dealkylation sites (tertiary alicyclic amines) is 1. The number of hydrogen-bond acceptors (Lipinski definition) is 3. The first-order valence-electron chi connectivity index (χ1n) is 6.10. The van der Waals surface area contributed by atoms with Crippen LogP contribution in [0.15, 0.2) is 0 Å². The molecule has 2 N–H and O–H groups in total. The maximum atomic E-state index is 11.6. The number of unbranched alkanes of at least 4 members (excludes halogenated alkanes) is 1. The molecule has 0 saturated carbocycles. The molecule has 0 atom stereocenters. The van der Waals surface area contributed by atoms with Crippen LogP contribution >= 0.6 is 12.4 Å². The van der Waals surface area contributed by atoms with E-state index in [0.29, 0.717) is 5.92 Å². The van der Waals surface area contributed by atoms with Gasteiger partial charge in [0.05, 0.1) is 0 Å². The van der Waals surface area contributed by atoms with Crippen molar-refractivity contribution in [1.82, 2.24) is 4.90 Å². The Balaban J connectivity index is 0.00000256. The molecule has 0 unspecified atom stereocenters. The lowest BCUT2D eigenvalue weighted by Gasteiger charge is -2.39. The second-order valence-electron chi connectivity index (χ2n) is 5.54. The van der Waals surface area contributed by atoms with Crippen molar-refractivity contribution in [1.29, 1.82) is 0 Å². The van der Waals surface area contributed by atoms with Gasteiger partial charge in [0.2, 0.25) is 0 Å². The van der Waals surface area contributed by atoms with Crippen LogP contribution < -0.4 is 5.73 Å². The molecule has 102 valence electrons. The van der Waals surface area contributed by atoms with Crippen LogP contribution in [0.3, 0.4) is 0 Å². The summed E-state index contributed by atoms with van der Waals surface area (Å²) in [6, 6.07) is 0. The third-order valence-corrected chi connectivity index (χ3v) is 2.68. The minimum Gasteiger partial charge on any atom is -0.444 e. The second-order valence-corrected chi connectivity index (χ2v) is 5.54. The topological polar surface area (TPSA) is 55.6 Å². The lowest BCUT2D eigenvalue weighted by molar-refractivity contribution is -0.00238. The summed E-state index contributed by atoms with van der Waals surface area (Å²) in [6.45, 7) is 8.14. The number of amides is 1. The molecule has 5 heteroatoms. The van der Waals surface area contributed by atoms with E-state index >= 15 is 0 Å². The predicted octanol–water partition coefficient (Wildman–Crippen LogP) is 2.40. The Labute approximate surface area is 110 Å². The summed E-state index contributed by atoms with van der Waals surface area (Å²) in [4.78, 5) is 13.4. The van der Waals surface area contributed by atoms with Gasteiger partial charge < -0.3 is 15.4 Å². The zero-order chi connectivity index (χ0) is 12.2. The van der Waals surface area contributed by atoms with Crippen LogP contribution in [0, 0.1) is 5.92 Å². The van der Waals surface area contributed by atoms with Crippen LogP contribution in [-0.4, -0.2) is 36.2 Å². The molecule has 0 spiro atoms. The fourth-order valence-electron chi connectivity index (χ4n) is 1.81. The van der Waals surface area contributed by atoms with E-state index in [1.54, 1.807) is 4.90 Å². The van der Waals surface area contributed by atoms with Gasteiger partial charge in [-0.05, 0) is 46.1 Å². The summed E-state index contributed by atoms with van der Waals surface area (Å²) in [5.74, 6) is 0.652. The number of halogens is 1. The molecule has 0 aromatic rings. The number of hydrogen-bond donors (Lipinski definition) is 1. The summed E-state index contributed by atoms with van der Waals surface area (Å²) in [7, 11) is 0. The highest BCUT2D eigenvalue weighted by Gasteiger charge is 2.32. The van der Waals surface area contributed by atoms with Gasteiger partial charge in [0.1, 0.15) is 5.60 Å². The van der Waals surface area contributed by atoms with Gasteiger partial charge in [0, 0.05) is 13.1 Å². The van der Waals surface area contributed by atoms with E-state index < -0.39 is 0 Å². The van der Waals surface area contributed by atoms with Gasteiger partial charge in [0.15, 0.2) is 0 Å². The van der Waals surface area contributed by atoms with Gasteiger partial charge >= 0.3 is 6.09 Å². The van der Waals surface area contributed by atoms with E-state index in [4.69, 9.17) is 10.5 Å². The Morgan fingerprint density at radius 2 is 1.94 bits per heavy atom. The van der Waals surface area contributed by atoms with E-state index in [-0.39, 0.29) is 24.1 Å². The van der Waals surface area contributed by atoms with Crippen LogP contribution in [0.1, 0.15) is 40.0 Å². The van der Waals surface area contributed by atoms with E-state index in [1.807, 2.05) is 20.8 Å². The average Bonchev–Trinajstić information content (AvgIpc) is 2.05. The van der Waals surface area contributed by atoms with Crippen molar-refractivity contribution in [2.45, 2.75) is 45.6 Å². The van der Waals surface area contributed by atoms with Crippen LogP contribution in [0.4, 0.5) is 4.79 Å². The van der Waals surface area contributed by atoms with Crippen molar-refractivity contribution < 1.29 is 9.53 Å². The highest BCUT2D eigenvalue weighted by molar-refractivity contribution is 5.85. The van der Waals surface area contributed by atoms with E-state index in [2.05, 4.69) is 0 Å². The SMILES string of the molecule is CC(C)(C)OC(=O)N1CC(CCCCN)C1.Cl. The average molecular weight is 265 g/mol. The van der Waals surface area contributed by atoms with Gasteiger partial charge in [-0.25, -0.2) is 4.79 Å². The Kier molecular flexibility index (Phi) is 6.87. The minimum atomic E-state index is -0.387. The third kappa shape index (κ3) is 6.13. The molecule has 0 radical (unpaired) electrons. The molecule has 1 heterocycles. The summed E-state index contributed by atoms with van der Waals surface area (Å²) < 4.78 is 5.28. The van der Waals surface area contributed by atoms with E-state index in [1.165, 1.54) is 12.8 Å². The first-order valence-corrected chi connectivity index (χ1v) is 6.10. The van der Waals surface area contributed by atoms with Crippen molar-refractivity contribution in [3.8, 4) is 0 Å². The van der Waals surface area contributed by atoms with Gasteiger partial charge in [-0.3, -0.25) is 0 Å². The Morgan fingerprint density at radius 3 is 2.41 bits per heavy atom. The first kappa shape index (κ1) is 16.5. The molecule has 1 saturated heterocycles. The molecule has 1 rings (SSSR count). The quantitative estimate of drug-likeness (QED) is 0.794. The van der Waals surface area contributed by atoms with Gasteiger partial charge in [-0.15, -0.1) is 12.4 Å². The summed E-state index contributed by atoms with van der Waals surface area (Å²) >= 11 is 0. The van der Waals surface area contributed by atoms with Gasteiger partial charge in [-0.1, -0.05) is 6.42 Å². The molecular weight excluding hydrogens is 240 g/mol. The Hall–Kier alpha value is -0.480. The number of carbonyl (C=O) groups is 1. The Bertz CT molecular complexity index is 235. The lowest BCUT2D eigenvalue weighted by Crippen LogP contribution is -2.51. The predicted molar refractivity (Wildman–Crippen MR) is 71.5 cm³/mol. The molecule has 1 aliphatic heterocycles. The fraction of sp³-hybridized carbons (Fsp3) is 0.917. The number of nitrogens with zero attached hydrogens (tertiary/aromatic N) is 1. The Morgan fingerprint density at radius 1 is 1.35 bits per heavy atom. The highest BCUT2D eigenvalue weighted by Crippen LogP contribution is 2.23. The smallest absolute Gasteiger partial charge is 0.410 e. The van der Waals surface area contributed by atoms with Crippen molar-refractivity contribution in [2.75, 3.05) is 19.6 Å². The van der Waals surface area contributed by atoms with Crippen LogP contribution in [-0.2, 0) is 4.74 Å². The van der Waals surface area contributed by atoms with Crippen molar-refractivity contribution in [3.63, 3.8) is 0 Å². The van der Waals surface area contributed by atoms with Crippen molar-refractivity contribution in [3.05, 3.63) is 0 Å². The van der Waals surface area contributed by atoms with Gasteiger partial charge in [0.25, 0.3) is 0 Å². The van der Waals surface area contributed by atoms with E-state index in [9.17, 15) is 4.79 Å². The third-order valence-electron chi connectivity index (χ3n) is 2.68. The molecule has 0 aromatic carbocycles. The number of ether oxygens (including phenoxy) is 1. The summed E-state index contributed by atoms with van der Waals surface area (Å²) in [6.07, 6.45) is 3.26. The largest absolute Gasteiger partial charge is 0.444 e. The standard InChI is InChI=1S/C12H24N2O2.ClH/c1-12(2,3)16-11(15)14-8-10(9-14)6-4-5-7-13;/h10H,4-9,13H2,1-3H3;1H. The van der Waals surface area contributed by atoms with Crippen molar-refractivity contribution >= 4 is 18.5 Å². The maximum Gasteiger partial charge on any atom is 0.410 e. The fourth-order valence-corrected chi connectivity index (χ4v) is 1.81. The van der Waals surface area contributed by atoms with Crippen LogP contribution in [0.2, 0.25) is 0 Å². The minimum absolute atomic E-state index is 0. The molecule has 4 nitrogen and oxygen atoms in total. The van der Waals surface area contributed by atoms with E-state index in [0.717, 1.165) is 26.1 Å². The number of nitrogens with two attached hydrogens (primary N) is 1. The molecule has 1 amide bonds. The second kappa shape index (κ2) is 7.07. The monoisotopic (exact) mass is 264 g/mol. The summed E-state index contributed by atoms with van der Waals surface area (Å²) in [5.41, 5.74) is 5.05. The van der Waals surface area contributed by atoms with Crippen LogP contribution in [0.25, 0.3) is 0 Å². The van der Waals surface area contributed by atoms with Crippen molar-refractivity contribution in [2.24, 2.45) is 11.7 Å². The number of carbonyl (C=O) groups excluding carboxylic acids is 1. The molecule has 0 bridgehead atoms. The molecule has 0 aliphatic carbocycles. The molecule has 17 heavy (non-hydrogen) atoms. The zero-order valence-corrected chi connectivity index (χ0v) is 11.9. The molecule has 0 aromatic heterocycles. The molecule has 1 aliphatic rings. The molecule has 1 fully saturated rings. The lowest BCUT2D eigenvalue weighted by atomic mass is 9.94. The van der Waals surface area contributed by atoms with Crippen LogP contribution in [0.5, 0.6) is 0 Å². The van der Waals surface area contributed by atoms with Gasteiger partial charge in [-0.2, -0.15) is 0 Å². The zero-order valence-electron chi connectivity index (χ0n) is 11.1. The highest BCUT2D eigenvalue weighted by atomic mass is 35.5. The normalized spacial score (nSPS) is 16.1. The molecular formula is C12H25ClN2O2.